The molecule has 1 saturated heterocycles. The summed E-state index contributed by atoms with van der Waals surface area (Å²) in [6, 6.07) is 0. The van der Waals surface area contributed by atoms with Crippen LogP contribution in [0.5, 0.6) is 0 Å². The molecule has 3 heteroatoms. The van der Waals surface area contributed by atoms with Gasteiger partial charge in [-0.25, -0.2) is 0 Å². The molecule has 1 unspecified atom stereocenters. The Bertz CT molecular complexity index is 42.1. The van der Waals surface area contributed by atoms with Crippen LogP contribution in [0, 0.1) is 0 Å². The summed E-state index contributed by atoms with van der Waals surface area (Å²) < 4.78 is 4.72. The molecule has 0 radical (unpaired) electrons. The van der Waals surface area contributed by atoms with E-state index in [9.17, 15) is 0 Å². The van der Waals surface area contributed by atoms with E-state index in [1.165, 1.54) is 12.0 Å². The summed E-state index contributed by atoms with van der Waals surface area (Å²) in [5, 5.41) is 8.58. The topological polar surface area (TPSA) is 29.5 Å². The average Bonchev–Trinajstić information content (AvgIpc) is 1.86. The molecule has 6 heavy (non-hydrogen) atoms. The molecular weight excluding hydrogens is 100 g/mol. The van der Waals surface area contributed by atoms with Gasteiger partial charge in [-0.05, 0) is 12.0 Å². The minimum atomic E-state index is -0.213. The number of hydrogen-bond acceptors (Lipinski definition) is 3. The first-order valence-corrected chi connectivity index (χ1v) is 2.73. The van der Waals surface area contributed by atoms with Crippen LogP contribution in [-0.2, 0) is 4.18 Å². The highest BCUT2D eigenvalue weighted by Gasteiger charge is 2.11. The molecule has 0 saturated carbocycles. The summed E-state index contributed by atoms with van der Waals surface area (Å²) in [7, 11) is 0. The Kier molecular flexibility index (Phi) is 1.34. The summed E-state index contributed by atoms with van der Waals surface area (Å²) in [5.74, 6) is 0.736. The lowest BCUT2D eigenvalue weighted by atomic mass is 10.5. The quantitative estimate of drug-likeness (QED) is 0.442. The lowest BCUT2D eigenvalue weighted by molar-refractivity contribution is 0.160. The van der Waals surface area contributed by atoms with Crippen molar-refractivity contribution in [3.05, 3.63) is 0 Å². The molecule has 1 aliphatic rings. The van der Waals surface area contributed by atoms with Crippen molar-refractivity contribution >= 4 is 12.0 Å². The van der Waals surface area contributed by atoms with Crippen molar-refractivity contribution in [2.75, 3.05) is 12.4 Å². The first-order valence-electron chi connectivity index (χ1n) is 1.82. The first kappa shape index (κ1) is 4.43. The summed E-state index contributed by atoms with van der Waals surface area (Å²) in [5.41, 5.74) is 0. The van der Waals surface area contributed by atoms with Gasteiger partial charge < -0.3 is 9.29 Å². The van der Waals surface area contributed by atoms with Gasteiger partial charge in [0.1, 0.15) is 0 Å². The fourth-order valence-corrected chi connectivity index (χ4v) is 0.904. The molecule has 0 spiro atoms. The standard InChI is InChI=1S/C3H6O2S/c4-3-1-5-6-2-3/h3-4H,1-2H2. The van der Waals surface area contributed by atoms with Crippen LogP contribution >= 0.6 is 12.0 Å². The fourth-order valence-electron chi connectivity index (χ4n) is 0.301. The van der Waals surface area contributed by atoms with Crippen LogP contribution in [0.15, 0.2) is 0 Å². The predicted molar refractivity (Wildman–Crippen MR) is 24.4 cm³/mol. The minimum Gasteiger partial charge on any atom is -0.390 e. The van der Waals surface area contributed by atoms with Gasteiger partial charge in [0.2, 0.25) is 0 Å². The van der Waals surface area contributed by atoms with Crippen molar-refractivity contribution in [3.8, 4) is 0 Å². The van der Waals surface area contributed by atoms with Crippen molar-refractivity contribution in [1.82, 2.24) is 0 Å². The van der Waals surface area contributed by atoms with Gasteiger partial charge in [-0.2, -0.15) is 0 Å². The van der Waals surface area contributed by atoms with Gasteiger partial charge in [-0.15, -0.1) is 0 Å². The Morgan fingerprint density at radius 1 is 1.83 bits per heavy atom. The van der Waals surface area contributed by atoms with Crippen molar-refractivity contribution < 1.29 is 9.29 Å². The molecule has 0 aliphatic carbocycles. The van der Waals surface area contributed by atoms with Crippen LogP contribution in [0.1, 0.15) is 0 Å². The summed E-state index contributed by atoms with van der Waals surface area (Å²) >= 11 is 1.33. The smallest absolute Gasteiger partial charge is 0.0898 e. The van der Waals surface area contributed by atoms with Crippen molar-refractivity contribution in [3.63, 3.8) is 0 Å². The zero-order valence-electron chi connectivity index (χ0n) is 3.26. The zero-order chi connectivity index (χ0) is 4.41. The largest absolute Gasteiger partial charge is 0.390 e. The Morgan fingerprint density at radius 2 is 2.67 bits per heavy atom. The van der Waals surface area contributed by atoms with E-state index in [1.807, 2.05) is 0 Å². The second kappa shape index (κ2) is 1.82. The molecule has 1 heterocycles. The number of aliphatic hydroxyl groups is 1. The SMILES string of the molecule is OC1COSC1. The molecule has 0 aromatic carbocycles. The molecule has 36 valence electrons. The normalized spacial score (nSPS) is 34.5. The van der Waals surface area contributed by atoms with Crippen molar-refractivity contribution in [2.45, 2.75) is 6.10 Å². The molecule has 1 N–H and O–H groups in total. The Balaban J connectivity index is 2.18. The maximum atomic E-state index is 8.58. The maximum absolute atomic E-state index is 8.58. The third kappa shape index (κ3) is 0.864. The second-order valence-electron chi connectivity index (χ2n) is 1.22. The van der Waals surface area contributed by atoms with Crippen molar-refractivity contribution in [2.24, 2.45) is 0 Å². The molecule has 0 aromatic heterocycles. The van der Waals surface area contributed by atoms with Gasteiger partial charge in [0.05, 0.1) is 12.7 Å². The van der Waals surface area contributed by atoms with E-state index in [0.29, 0.717) is 6.61 Å². The number of hydrogen-bond donors (Lipinski definition) is 1. The van der Waals surface area contributed by atoms with Crippen LogP contribution in [-0.4, -0.2) is 23.6 Å². The van der Waals surface area contributed by atoms with Gasteiger partial charge >= 0.3 is 0 Å². The van der Waals surface area contributed by atoms with E-state index in [2.05, 4.69) is 0 Å². The van der Waals surface area contributed by atoms with E-state index in [-0.39, 0.29) is 6.10 Å². The number of aliphatic hydroxyl groups excluding tert-OH is 1. The predicted octanol–water partition coefficient (Wildman–Crippen LogP) is 0.0257. The lowest BCUT2D eigenvalue weighted by Crippen LogP contribution is -2.06. The number of rotatable bonds is 0. The first-order chi connectivity index (χ1) is 2.89. The van der Waals surface area contributed by atoms with Gasteiger partial charge in [0, 0.05) is 5.75 Å². The molecule has 1 rings (SSSR count). The highest BCUT2D eigenvalue weighted by atomic mass is 32.2. The average molecular weight is 106 g/mol. The van der Waals surface area contributed by atoms with E-state index in [4.69, 9.17) is 9.29 Å². The minimum absolute atomic E-state index is 0.213. The highest BCUT2D eigenvalue weighted by Crippen LogP contribution is 2.13. The third-order valence-corrected chi connectivity index (χ3v) is 1.43. The summed E-state index contributed by atoms with van der Waals surface area (Å²) in [6.07, 6.45) is -0.213. The second-order valence-corrected chi connectivity index (χ2v) is 2.03. The van der Waals surface area contributed by atoms with Crippen LogP contribution in [0.3, 0.4) is 0 Å². The van der Waals surface area contributed by atoms with Crippen LogP contribution in [0.4, 0.5) is 0 Å². The van der Waals surface area contributed by atoms with Crippen LogP contribution in [0.2, 0.25) is 0 Å². The summed E-state index contributed by atoms with van der Waals surface area (Å²) in [4.78, 5) is 0. The fraction of sp³-hybridized carbons (Fsp3) is 1.00. The molecule has 2 nitrogen and oxygen atoms in total. The van der Waals surface area contributed by atoms with Crippen molar-refractivity contribution in [1.29, 1.82) is 0 Å². The van der Waals surface area contributed by atoms with Crippen LogP contribution < -0.4 is 0 Å². The molecular formula is C3H6O2S. The summed E-state index contributed by atoms with van der Waals surface area (Å²) in [6.45, 7) is 0.505. The van der Waals surface area contributed by atoms with E-state index >= 15 is 0 Å². The Hall–Kier alpha value is 0.270. The Morgan fingerprint density at radius 3 is 2.83 bits per heavy atom. The molecule has 0 amide bonds. The molecule has 1 fully saturated rings. The lowest BCUT2D eigenvalue weighted by Gasteiger charge is -1.87. The Labute approximate surface area is 40.7 Å². The molecule has 1 aliphatic heterocycles. The van der Waals surface area contributed by atoms with Gasteiger partial charge in [-0.1, -0.05) is 0 Å². The van der Waals surface area contributed by atoms with E-state index < -0.39 is 0 Å². The van der Waals surface area contributed by atoms with Gasteiger partial charge in [0.25, 0.3) is 0 Å². The highest BCUT2D eigenvalue weighted by molar-refractivity contribution is 7.94. The van der Waals surface area contributed by atoms with Gasteiger partial charge in [-0.3, -0.25) is 0 Å². The molecule has 0 aromatic rings. The maximum Gasteiger partial charge on any atom is 0.0898 e. The van der Waals surface area contributed by atoms with E-state index in [1.54, 1.807) is 0 Å². The third-order valence-electron chi connectivity index (χ3n) is 0.604. The van der Waals surface area contributed by atoms with Crippen LogP contribution in [0.25, 0.3) is 0 Å². The zero-order valence-corrected chi connectivity index (χ0v) is 4.07. The van der Waals surface area contributed by atoms with Gasteiger partial charge in [0.15, 0.2) is 0 Å². The molecule has 0 bridgehead atoms. The monoisotopic (exact) mass is 106 g/mol. The van der Waals surface area contributed by atoms with E-state index in [0.717, 1.165) is 5.75 Å². The molecule has 1 atom stereocenters.